The third-order valence-electron chi connectivity index (χ3n) is 16.6. The first-order valence-corrected chi connectivity index (χ1v) is 27.6. The first-order valence-electron chi connectivity index (χ1n) is 23.8. The maximum Gasteiger partial charge on any atom is 0.320 e. The monoisotopic (exact) mass is 928 g/mol. The molecule has 4 aromatic carbocycles. The molecular formula is C55H68O9Si2. The Morgan fingerprint density at radius 2 is 1.18 bits per heavy atom. The molecule has 0 spiro atoms. The highest BCUT2D eigenvalue weighted by molar-refractivity contribution is 7.00. The molecule has 0 amide bonds. The maximum absolute atomic E-state index is 15.5. The van der Waals surface area contributed by atoms with Crippen molar-refractivity contribution in [1.82, 2.24) is 0 Å². The third kappa shape index (κ3) is 7.25. The average Bonchev–Trinajstić information content (AvgIpc) is 3.55. The van der Waals surface area contributed by atoms with Gasteiger partial charge in [0.05, 0.1) is 24.7 Å². The lowest BCUT2D eigenvalue weighted by Gasteiger charge is -2.64. The summed E-state index contributed by atoms with van der Waals surface area (Å²) in [5, 5.41) is 17.2. The SMILES string of the molecule is COC(=O)[C@]12C(=O)CC[C@H](O[Si](c3ccccc3)(c3ccccc3)C(C)(C)C)[C@H]1CC(=O)[C@@H]1[C@@H]2[C@H](OC(C)=O)C[C@]2(C)[C@@H](CO[Si](c3ccccc3)(c3ccccc3)C(C)(C)C)CC[C@]12O. The van der Waals surface area contributed by atoms with Crippen LogP contribution in [0.1, 0.15) is 93.9 Å². The van der Waals surface area contributed by atoms with Crippen LogP contribution in [-0.4, -0.2) is 76.8 Å². The molecule has 0 saturated heterocycles. The molecule has 1 N–H and O–H groups in total. The van der Waals surface area contributed by atoms with Gasteiger partial charge >= 0.3 is 11.9 Å². The van der Waals surface area contributed by atoms with Gasteiger partial charge in [0.25, 0.3) is 16.6 Å². The van der Waals surface area contributed by atoms with Crippen LogP contribution in [0.25, 0.3) is 0 Å². The lowest BCUT2D eigenvalue weighted by Crippen LogP contribution is -2.75. The molecule has 4 fully saturated rings. The molecular weight excluding hydrogens is 861 g/mol. The summed E-state index contributed by atoms with van der Waals surface area (Å²) in [4.78, 5) is 59.1. The van der Waals surface area contributed by atoms with Gasteiger partial charge in [-0.25, -0.2) is 0 Å². The lowest BCUT2D eigenvalue weighted by atomic mass is 9.41. The molecule has 4 saturated carbocycles. The summed E-state index contributed by atoms with van der Waals surface area (Å²) in [5.41, 5.74) is -4.62. The van der Waals surface area contributed by atoms with Crippen LogP contribution in [0.2, 0.25) is 10.1 Å². The average molecular weight is 929 g/mol. The summed E-state index contributed by atoms with van der Waals surface area (Å²) in [7, 11) is -5.04. The van der Waals surface area contributed by atoms with Gasteiger partial charge in [-0.05, 0) is 62.4 Å². The number of aliphatic hydroxyl groups is 1. The van der Waals surface area contributed by atoms with Gasteiger partial charge in [-0.15, -0.1) is 0 Å². The van der Waals surface area contributed by atoms with Gasteiger partial charge in [0.15, 0.2) is 5.78 Å². The molecule has 4 aliphatic rings. The summed E-state index contributed by atoms with van der Waals surface area (Å²) in [6.07, 6.45) is -0.817. The number of carbonyl (C=O) groups excluding carboxylic acids is 4. The number of ketones is 2. The van der Waals surface area contributed by atoms with Gasteiger partial charge in [-0.1, -0.05) is 170 Å². The molecule has 0 bridgehead atoms. The predicted molar refractivity (Wildman–Crippen MR) is 261 cm³/mol. The smallest absolute Gasteiger partial charge is 0.320 e. The van der Waals surface area contributed by atoms with E-state index in [1.165, 1.54) is 14.0 Å². The lowest BCUT2D eigenvalue weighted by molar-refractivity contribution is -0.245. The van der Waals surface area contributed by atoms with E-state index in [0.717, 1.165) is 20.7 Å². The Bertz CT molecular complexity index is 2330. The summed E-state index contributed by atoms with van der Waals surface area (Å²) >= 11 is 0. The molecule has 9 atom stereocenters. The Labute approximate surface area is 393 Å². The second kappa shape index (κ2) is 17.5. The Kier molecular flexibility index (Phi) is 12.7. The molecule has 11 heteroatoms. The number of methoxy groups -OCH3 is 1. The fraction of sp³-hybridized carbons (Fsp3) is 0.491. The Morgan fingerprint density at radius 3 is 1.62 bits per heavy atom. The number of fused-ring (bicyclic) bond motifs is 5. The van der Waals surface area contributed by atoms with Crippen molar-refractivity contribution in [3.05, 3.63) is 121 Å². The predicted octanol–water partition coefficient (Wildman–Crippen LogP) is 7.33. The fourth-order valence-corrected chi connectivity index (χ4v) is 23.1. The van der Waals surface area contributed by atoms with Crippen LogP contribution in [0.5, 0.6) is 0 Å². The van der Waals surface area contributed by atoms with Crippen LogP contribution in [0.3, 0.4) is 0 Å². The van der Waals surface area contributed by atoms with Gasteiger partial charge in [0.2, 0.25) is 0 Å². The number of esters is 2. The molecule has 66 heavy (non-hydrogen) atoms. The van der Waals surface area contributed by atoms with E-state index in [2.05, 4.69) is 90.1 Å². The van der Waals surface area contributed by atoms with Gasteiger partial charge in [-0.2, -0.15) is 0 Å². The first-order chi connectivity index (χ1) is 31.2. The highest BCUT2D eigenvalue weighted by atomic mass is 28.4. The largest absolute Gasteiger partial charge is 0.468 e. The van der Waals surface area contributed by atoms with E-state index in [4.69, 9.17) is 18.3 Å². The summed E-state index contributed by atoms with van der Waals surface area (Å²) in [6, 6.07) is 41.1. The molecule has 0 unspecified atom stereocenters. The van der Waals surface area contributed by atoms with Crippen molar-refractivity contribution in [1.29, 1.82) is 0 Å². The minimum atomic E-state index is -3.29. The molecule has 0 heterocycles. The molecule has 350 valence electrons. The minimum Gasteiger partial charge on any atom is -0.468 e. The van der Waals surface area contributed by atoms with Crippen LogP contribution < -0.4 is 20.7 Å². The summed E-state index contributed by atoms with van der Waals surface area (Å²) < 4.78 is 27.3. The second-order valence-corrected chi connectivity index (χ2v) is 30.4. The van der Waals surface area contributed by atoms with Crippen LogP contribution in [-0.2, 0) is 37.5 Å². The number of carbonyl (C=O) groups is 4. The zero-order chi connectivity index (χ0) is 47.5. The quantitative estimate of drug-likeness (QED) is 0.0936. The van der Waals surface area contributed by atoms with Gasteiger partial charge in [0, 0.05) is 43.6 Å². The van der Waals surface area contributed by atoms with Crippen molar-refractivity contribution >= 4 is 60.9 Å². The van der Waals surface area contributed by atoms with Gasteiger partial charge < -0.3 is 23.4 Å². The van der Waals surface area contributed by atoms with E-state index in [-0.39, 0.29) is 54.8 Å². The molecule has 0 aliphatic heterocycles. The number of hydrogen-bond acceptors (Lipinski definition) is 9. The molecule has 4 aliphatic carbocycles. The van der Waals surface area contributed by atoms with Crippen molar-refractivity contribution in [3.63, 3.8) is 0 Å². The molecule has 0 radical (unpaired) electrons. The highest BCUT2D eigenvalue weighted by Crippen LogP contribution is 2.69. The van der Waals surface area contributed by atoms with E-state index in [1.807, 2.05) is 79.7 Å². The number of Topliss-reactive ketones (excluding diaryl/α,β-unsaturated/α-hetero) is 2. The molecule has 0 aromatic heterocycles. The highest BCUT2D eigenvalue weighted by Gasteiger charge is 2.78. The van der Waals surface area contributed by atoms with E-state index >= 15 is 14.4 Å². The first kappa shape index (κ1) is 47.9. The van der Waals surface area contributed by atoms with Gasteiger partial charge in [0.1, 0.15) is 17.3 Å². The number of ether oxygens (including phenoxy) is 2. The van der Waals surface area contributed by atoms with Crippen LogP contribution in [0.15, 0.2) is 121 Å². The zero-order valence-electron chi connectivity index (χ0n) is 40.2. The van der Waals surface area contributed by atoms with E-state index in [9.17, 15) is 9.90 Å². The van der Waals surface area contributed by atoms with E-state index in [0.29, 0.717) is 12.8 Å². The number of benzene rings is 4. The van der Waals surface area contributed by atoms with Crippen molar-refractivity contribution in [3.8, 4) is 0 Å². The van der Waals surface area contributed by atoms with Crippen molar-refractivity contribution in [2.24, 2.45) is 34.5 Å². The number of rotatable bonds is 11. The van der Waals surface area contributed by atoms with Crippen molar-refractivity contribution < 1.29 is 42.6 Å². The fourth-order valence-electron chi connectivity index (χ4n) is 13.7. The molecule has 8 rings (SSSR count). The van der Waals surface area contributed by atoms with Crippen LogP contribution in [0.4, 0.5) is 0 Å². The van der Waals surface area contributed by atoms with Crippen LogP contribution >= 0.6 is 0 Å². The Morgan fingerprint density at radius 1 is 0.712 bits per heavy atom. The second-order valence-electron chi connectivity index (χ2n) is 21.8. The van der Waals surface area contributed by atoms with Gasteiger partial charge in [-0.3, -0.25) is 19.2 Å². The minimum absolute atomic E-state index is 0.0106. The normalized spacial score (nSPS) is 30.2. The van der Waals surface area contributed by atoms with E-state index < -0.39 is 80.0 Å². The summed E-state index contributed by atoms with van der Waals surface area (Å²) in [6.45, 7) is 16.8. The molecule has 4 aromatic rings. The zero-order valence-corrected chi connectivity index (χ0v) is 42.2. The number of hydrogen-bond donors (Lipinski definition) is 1. The van der Waals surface area contributed by atoms with E-state index in [1.54, 1.807) is 0 Å². The van der Waals surface area contributed by atoms with Crippen molar-refractivity contribution in [2.45, 2.75) is 122 Å². The standard InChI is InChI=1S/C55H68O9Si2/c1-37(56)63-46-35-53(8)38(36-62-65(51(2,3)4,39-22-14-10-15-23-39)40-24-16-11-17-25-40)32-33-54(53,60)48-44(57)34-43-45(30-31-47(58)55(43,49(46)48)50(59)61-9)64-66(52(5,6)7,41-26-18-12-19-27-41)42-28-20-13-21-29-42/h10-29,38,43,45-46,48-49,60H,30-36H2,1-9H3/t38-,43-,45+,46-,48-,49+,53-,54+,55+/m1/s1. The van der Waals surface area contributed by atoms with Crippen molar-refractivity contribution in [2.75, 3.05) is 13.7 Å². The third-order valence-corrected chi connectivity index (χ3v) is 26.7. The Hall–Kier alpha value is -4.53. The molecule has 9 nitrogen and oxygen atoms in total. The maximum atomic E-state index is 15.5. The summed E-state index contributed by atoms with van der Waals surface area (Å²) in [5.74, 6) is -5.59. The topological polar surface area (TPSA) is 125 Å². The van der Waals surface area contributed by atoms with Crippen LogP contribution in [0, 0.1) is 34.5 Å². The Balaban J connectivity index is 1.24.